The van der Waals surface area contributed by atoms with Gasteiger partial charge in [-0.05, 0) is 74.3 Å². The van der Waals surface area contributed by atoms with E-state index in [4.69, 9.17) is 9.47 Å². The minimum Gasteiger partial charge on any atom is -0.467 e. The van der Waals surface area contributed by atoms with E-state index >= 15 is 0 Å². The van der Waals surface area contributed by atoms with Gasteiger partial charge >= 0.3 is 11.9 Å². The number of benzene rings is 3. The molecule has 0 bridgehead atoms. The van der Waals surface area contributed by atoms with Gasteiger partial charge in [-0.2, -0.15) is 0 Å². The van der Waals surface area contributed by atoms with Gasteiger partial charge in [-0.1, -0.05) is 86.6 Å². The highest BCUT2D eigenvalue weighted by molar-refractivity contribution is 6.02. The second-order valence-corrected chi connectivity index (χ2v) is 10.9. The first-order valence-electron chi connectivity index (χ1n) is 14.8. The lowest BCUT2D eigenvalue weighted by Crippen LogP contribution is -2.56. The summed E-state index contributed by atoms with van der Waals surface area (Å²) in [5.74, 6) is -1.06. The van der Waals surface area contributed by atoms with Gasteiger partial charge in [-0.15, -0.1) is 0 Å². The van der Waals surface area contributed by atoms with Crippen LogP contribution in [0.25, 0.3) is 11.1 Å². The number of esters is 2. The molecule has 0 heterocycles. The zero-order chi connectivity index (χ0) is 30.5. The van der Waals surface area contributed by atoms with Crippen molar-refractivity contribution in [3.63, 3.8) is 0 Å². The number of anilines is 1. The second kappa shape index (κ2) is 16.5. The number of amides is 1. The Balaban J connectivity index is 1.90. The predicted octanol–water partition coefficient (Wildman–Crippen LogP) is 6.21. The summed E-state index contributed by atoms with van der Waals surface area (Å²) in [6, 6.07) is 25.3. The third-order valence-electron chi connectivity index (χ3n) is 7.20. The highest BCUT2D eigenvalue weighted by Gasteiger charge is 2.35. The van der Waals surface area contributed by atoms with Gasteiger partial charge in [0.15, 0.2) is 0 Å². The number of aryl methyl sites for hydroxylation is 1. The summed E-state index contributed by atoms with van der Waals surface area (Å²) in [5, 5.41) is 3.34. The summed E-state index contributed by atoms with van der Waals surface area (Å²) in [4.78, 5) is 41.6. The normalized spacial score (nSPS) is 13.2. The maximum absolute atomic E-state index is 14.3. The van der Waals surface area contributed by atoms with Gasteiger partial charge in [-0.3, -0.25) is 19.8 Å². The number of methoxy groups -OCH3 is 1. The topological polar surface area (TPSA) is 84.9 Å². The molecule has 224 valence electrons. The van der Waals surface area contributed by atoms with Gasteiger partial charge in [-0.25, -0.2) is 4.79 Å². The van der Waals surface area contributed by atoms with Crippen LogP contribution in [0.3, 0.4) is 0 Å². The maximum Gasteiger partial charge on any atom is 0.328 e. The molecule has 3 aromatic rings. The van der Waals surface area contributed by atoms with Gasteiger partial charge in [0.1, 0.15) is 12.1 Å². The first-order chi connectivity index (χ1) is 20.2. The molecule has 7 nitrogen and oxygen atoms in total. The molecule has 0 aliphatic rings. The highest BCUT2D eigenvalue weighted by Crippen LogP contribution is 2.26. The van der Waals surface area contributed by atoms with Crippen molar-refractivity contribution < 1.29 is 23.9 Å². The van der Waals surface area contributed by atoms with Gasteiger partial charge < -0.3 is 9.47 Å². The van der Waals surface area contributed by atoms with Crippen LogP contribution >= 0.6 is 0 Å². The summed E-state index contributed by atoms with van der Waals surface area (Å²) >= 11 is 0. The molecule has 0 aliphatic carbocycles. The predicted molar refractivity (Wildman–Crippen MR) is 167 cm³/mol. The smallest absolute Gasteiger partial charge is 0.328 e. The van der Waals surface area contributed by atoms with E-state index in [0.29, 0.717) is 18.5 Å². The van der Waals surface area contributed by atoms with E-state index in [0.717, 1.165) is 24.0 Å². The van der Waals surface area contributed by atoms with Gasteiger partial charge in [0, 0.05) is 5.69 Å². The van der Waals surface area contributed by atoms with Crippen molar-refractivity contribution in [2.24, 2.45) is 5.92 Å². The Morgan fingerprint density at radius 2 is 1.38 bits per heavy atom. The summed E-state index contributed by atoms with van der Waals surface area (Å²) in [7, 11) is 1.31. The van der Waals surface area contributed by atoms with Crippen LogP contribution in [0.2, 0.25) is 0 Å². The largest absolute Gasteiger partial charge is 0.467 e. The van der Waals surface area contributed by atoms with Gasteiger partial charge in [0.05, 0.1) is 19.8 Å². The number of rotatable bonds is 15. The van der Waals surface area contributed by atoms with E-state index < -0.39 is 24.1 Å². The fourth-order valence-electron chi connectivity index (χ4n) is 5.05. The molecule has 1 amide bonds. The van der Waals surface area contributed by atoms with Crippen molar-refractivity contribution in [1.82, 2.24) is 5.32 Å². The Hall–Kier alpha value is -3.97. The molecule has 1 N–H and O–H groups in total. The van der Waals surface area contributed by atoms with E-state index in [2.05, 4.69) is 17.4 Å². The van der Waals surface area contributed by atoms with Crippen molar-refractivity contribution in [2.75, 3.05) is 18.6 Å². The molecule has 3 rings (SSSR count). The Morgan fingerprint density at radius 3 is 1.95 bits per heavy atom. The monoisotopic (exact) mass is 572 g/mol. The summed E-state index contributed by atoms with van der Waals surface area (Å²) in [6.45, 7) is 7.73. The maximum atomic E-state index is 14.3. The minimum atomic E-state index is -0.874. The molecule has 3 atom stereocenters. The molecular formula is C35H44N2O5. The summed E-state index contributed by atoms with van der Waals surface area (Å²) in [6.07, 6.45) is 2.53. The molecule has 0 radical (unpaired) electrons. The zero-order valence-corrected chi connectivity index (χ0v) is 25.4. The van der Waals surface area contributed by atoms with E-state index in [-0.39, 0.29) is 24.4 Å². The van der Waals surface area contributed by atoms with Crippen LogP contribution in [0.15, 0.2) is 84.9 Å². The molecule has 0 aliphatic heterocycles. The third-order valence-corrected chi connectivity index (χ3v) is 7.20. The molecule has 42 heavy (non-hydrogen) atoms. The van der Waals surface area contributed by atoms with Crippen LogP contribution in [-0.2, 0) is 30.3 Å². The molecule has 7 heteroatoms. The molecular weight excluding hydrogens is 528 g/mol. The van der Waals surface area contributed by atoms with E-state index in [1.807, 2.05) is 86.6 Å². The van der Waals surface area contributed by atoms with Crippen molar-refractivity contribution in [3.05, 3.63) is 90.5 Å². The number of nitrogens with one attached hydrogen (secondary N) is 1. The molecule has 0 unspecified atom stereocenters. The fourth-order valence-corrected chi connectivity index (χ4v) is 5.05. The lowest BCUT2D eigenvalue weighted by Gasteiger charge is -2.33. The van der Waals surface area contributed by atoms with Gasteiger partial charge in [0.2, 0.25) is 5.91 Å². The summed E-state index contributed by atoms with van der Waals surface area (Å²) in [5.41, 5.74) is 3.81. The number of nitrogens with zero attached hydrogens (tertiary/aromatic N) is 1. The highest BCUT2D eigenvalue weighted by atomic mass is 16.5. The molecule has 0 saturated carbocycles. The zero-order valence-electron chi connectivity index (χ0n) is 25.4. The van der Waals surface area contributed by atoms with Crippen molar-refractivity contribution >= 4 is 23.5 Å². The quantitative estimate of drug-likeness (QED) is 0.218. The average molecular weight is 573 g/mol. The molecule has 0 aromatic heterocycles. The number of carbonyl (C=O) groups excluding carboxylic acids is 3. The van der Waals surface area contributed by atoms with E-state index in [1.54, 1.807) is 13.8 Å². The fraction of sp³-hybridized carbons (Fsp3) is 0.400. The SMILES string of the molecule is CCOC(=O)[C@H](CCCc1ccccc1)N[C@@H](CC(C)C)C(=O)N(c1ccc(-c2ccccc2)cc1)[C@@H](C)C(=O)OC. The first kappa shape index (κ1) is 32.5. The molecule has 3 aromatic carbocycles. The molecule has 0 fully saturated rings. The minimum absolute atomic E-state index is 0.148. The first-order valence-corrected chi connectivity index (χ1v) is 14.8. The standard InChI is InChI=1S/C35H44N2O5/c1-6-42-35(40)31(19-13-16-27-14-9-7-10-15-27)36-32(24-25(2)3)33(38)37(26(4)34(39)41-5)30-22-20-29(21-23-30)28-17-11-8-12-18-28/h7-12,14-15,17-18,20-23,25-26,31-32,36H,6,13,16,19,24H2,1-5H3/t26-,31-,32-/m0/s1. The Labute approximate surface area is 250 Å². The third kappa shape index (κ3) is 9.28. The summed E-state index contributed by atoms with van der Waals surface area (Å²) < 4.78 is 10.4. The number of ether oxygens (including phenoxy) is 2. The molecule has 0 spiro atoms. The number of carbonyl (C=O) groups is 3. The number of hydrogen-bond donors (Lipinski definition) is 1. The average Bonchev–Trinajstić information content (AvgIpc) is 3.00. The Kier molecular flexibility index (Phi) is 12.8. The lowest BCUT2D eigenvalue weighted by atomic mass is 9.98. The van der Waals surface area contributed by atoms with Crippen LogP contribution in [0.4, 0.5) is 5.69 Å². The van der Waals surface area contributed by atoms with Crippen LogP contribution in [0.1, 0.15) is 52.5 Å². The second-order valence-electron chi connectivity index (χ2n) is 10.9. The Morgan fingerprint density at radius 1 is 0.786 bits per heavy atom. The van der Waals surface area contributed by atoms with Gasteiger partial charge in [0.25, 0.3) is 0 Å². The van der Waals surface area contributed by atoms with Crippen LogP contribution in [0, 0.1) is 5.92 Å². The van der Waals surface area contributed by atoms with Crippen LogP contribution in [-0.4, -0.2) is 49.7 Å². The Bertz CT molecular complexity index is 1260. The lowest BCUT2D eigenvalue weighted by molar-refractivity contribution is -0.147. The van der Waals surface area contributed by atoms with E-state index in [1.165, 1.54) is 17.6 Å². The van der Waals surface area contributed by atoms with Crippen LogP contribution in [0.5, 0.6) is 0 Å². The number of hydrogen-bond acceptors (Lipinski definition) is 6. The van der Waals surface area contributed by atoms with E-state index in [9.17, 15) is 14.4 Å². The van der Waals surface area contributed by atoms with Crippen molar-refractivity contribution in [1.29, 1.82) is 0 Å². The van der Waals surface area contributed by atoms with Crippen molar-refractivity contribution in [3.8, 4) is 11.1 Å². The van der Waals surface area contributed by atoms with Crippen LogP contribution < -0.4 is 10.2 Å². The molecule has 0 saturated heterocycles. The van der Waals surface area contributed by atoms with Crippen molar-refractivity contribution in [2.45, 2.75) is 71.5 Å².